The average Bonchev–Trinajstić information content (AvgIpc) is 2.46. The summed E-state index contributed by atoms with van der Waals surface area (Å²) in [5, 5.41) is 8.90. The Bertz CT molecular complexity index is 480. The second kappa shape index (κ2) is 2.70. The number of nitrogens with zero attached hydrogens (tertiary/aromatic N) is 2. The Labute approximate surface area is 77.4 Å². The van der Waals surface area contributed by atoms with Crippen molar-refractivity contribution >= 4 is 28.6 Å². The number of aromatic amines is 1. The predicted molar refractivity (Wildman–Crippen MR) is 45.9 cm³/mol. The molecule has 2 heterocycles. The van der Waals surface area contributed by atoms with Crippen molar-refractivity contribution < 1.29 is 9.90 Å². The molecule has 0 atom stereocenters. The number of halogens is 1. The first kappa shape index (κ1) is 8.00. The molecule has 2 N–H and O–H groups in total. The van der Waals surface area contributed by atoms with E-state index in [1.54, 1.807) is 0 Å². The van der Waals surface area contributed by atoms with Crippen LogP contribution in [-0.4, -0.2) is 26.0 Å². The van der Waals surface area contributed by atoms with E-state index in [4.69, 9.17) is 16.7 Å². The van der Waals surface area contributed by atoms with Gasteiger partial charge >= 0.3 is 5.97 Å². The van der Waals surface area contributed by atoms with Crippen LogP contribution in [0.25, 0.3) is 11.0 Å². The molecule has 0 radical (unpaired) electrons. The molecule has 0 aliphatic rings. The summed E-state index contributed by atoms with van der Waals surface area (Å²) in [6, 6.07) is 1.50. The van der Waals surface area contributed by atoms with Crippen LogP contribution >= 0.6 is 11.6 Å². The fourth-order valence-electron chi connectivity index (χ4n) is 0.986. The van der Waals surface area contributed by atoms with Gasteiger partial charge in [0.25, 0.3) is 0 Å². The molecule has 0 saturated heterocycles. The maximum absolute atomic E-state index is 10.5. The molecule has 0 amide bonds. The Morgan fingerprint density at radius 2 is 2.38 bits per heavy atom. The molecule has 2 rings (SSSR count). The normalized spacial score (nSPS) is 10.5. The second-order valence-corrected chi connectivity index (χ2v) is 2.80. The third kappa shape index (κ3) is 1.33. The smallest absolute Gasteiger partial charge is 0.371 e. The number of aromatic carboxylic acids is 1. The van der Waals surface area contributed by atoms with Gasteiger partial charge in [-0.05, 0) is 0 Å². The van der Waals surface area contributed by atoms with Crippen LogP contribution in [0, 0.1) is 0 Å². The SMILES string of the molecule is O=C(O)c1nc2cc(Cl)ncc2[nH]1. The summed E-state index contributed by atoms with van der Waals surface area (Å²) in [6.45, 7) is 0. The molecule has 0 spiro atoms. The van der Waals surface area contributed by atoms with Crippen molar-refractivity contribution in [1.29, 1.82) is 0 Å². The van der Waals surface area contributed by atoms with Gasteiger partial charge in [-0.2, -0.15) is 0 Å². The fourth-order valence-corrected chi connectivity index (χ4v) is 1.14. The molecule has 0 aliphatic heterocycles. The van der Waals surface area contributed by atoms with Crippen LogP contribution in [0.4, 0.5) is 0 Å². The number of carboxylic acids is 1. The van der Waals surface area contributed by atoms with E-state index in [2.05, 4.69) is 15.0 Å². The van der Waals surface area contributed by atoms with Gasteiger partial charge in [-0.1, -0.05) is 11.6 Å². The Kier molecular flexibility index (Phi) is 1.66. The monoisotopic (exact) mass is 197 g/mol. The number of imidazole rings is 1. The van der Waals surface area contributed by atoms with E-state index >= 15 is 0 Å². The molecule has 2 aromatic heterocycles. The lowest BCUT2D eigenvalue weighted by molar-refractivity contribution is 0.0685. The summed E-state index contributed by atoms with van der Waals surface area (Å²) in [4.78, 5) is 20.7. The van der Waals surface area contributed by atoms with Gasteiger partial charge in [0.15, 0.2) is 0 Å². The fraction of sp³-hybridized carbons (Fsp3) is 0. The van der Waals surface area contributed by atoms with Crippen molar-refractivity contribution in [2.75, 3.05) is 0 Å². The first-order chi connectivity index (χ1) is 6.16. The molecule has 0 bridgehead atoms. The minimum Gasteiger partial charge on any atom is -0.475 e. The first-order valence-corrected chi connectivity index (χ1v) is 3.79. The molecule has 5 nitrogen and oxygen atoms in total. The third-order valence-electron chi connectivity index (χ3n) is 1.54. The lowest BCUT2D eigenvalue weighted by Gasteiger charge is -1.86. The number of nitrogens with one attached hydrogen (secondary N) is 1. The standard InChI is InChI=1S/C7H4ClN3O2/c8-5-1-3-4(2-9-5)11-6(10-3)7(12)13/h1-2H,(H,10,11)(H,12,13). The highest BCUT2D eigenvalue weighted by molar-refractivity contribution is 6.29. The van der Waals surface area contributed by atoms with Crippen molar-refractivity contribution in [1.82, 2.24) is 15.0 Å². The average molecular weight is 198 g/mol. The van der Waals surface area contributed by atoms with Crippen LogP contribution in [0.3, 0.4) is 0 Å². The van der Waals surface area contributed by atoms with Crippen LogP contribution in [0.1, 0.15) is 10.6 Å². The van der Waals surface area contributed by atoms with Gasteiger partial charge in [-0.25, -0.2) is 14.8 Å². The number of rotatable bonds is 1. The van der Waals surface area contributed by atoms with E-state index < -0.39 is 5.97 Å². The summed E-state index contributed by atoms with van der Waals surface area (Å²) in [6.07, 6.45) is 1.44. The van der Waals surface area contributed by atoms with E-state index in [-0.39, 0.29) is 11.0 Å². The number of aromatic nitrogens is 3. The number of hydrogen-bond donors (Lipinski definition) is 2. The van der Waals surface area contributed by atoms with Crippen LogP contribution in [0.15, 0.2) is 12.3 Å². The molecule has 0 saturated carbocycles. The zero-order valence-electron chi connectivity index (χ0n) is 6.28. The molecule has 0 aromatic carbocycles. The molecule has 0 fully saturated rings. The van der Waals surface area contributed by atoms with E-state index in [1.807, 2.05) is 0 Å². The number of fused-ring (bicyclic) bond motifs is 1. The Morgan fingerprint density at radius 3 is 3.08 bits per heavy atom. The van der Waals surface area contributed by atoms with E-state index in [9.17, 15) is 4.79 Å². The Morgan fingerprint density at radius 1 is 1.62 bits per heavy atom. The third-order valence-corrected chi connectivity index (χ3v) is 1.74. The molecule has 13 heavy (non-hydrogen) atoms. The minimum absolute atomic E-state index is 0.112. The van der Waals surface area contributed by atoms with Crippen LogP contribution < -0.4 is 0 Å². The summed E-state index contributed by atoms with van der Waals surface area (Å²) >= 11 is 5.60. The molecule has 0 aliphatic carbocycles. The zero-order chi connectivity index (χ0) is 9.42. The number of carboxylic acid groups (broad SMARTS) is 1. The van der Waals surface area contributed by atoms with Gasteiger partial charge in [0.1, 0.15) is 5.15 Å². The quantitative estimate of drug-likeness (QED) is 0.676. The van der Waals surface area contributed by atoms with Gasteiger partial charge in [0, 0.05) is 6.07 Å². The summed E-state index contributed by atoms with van der Waals surface area (Å²) < 4.78 is 0. The molecular formula is C7H4ClN3O2. The summed E-state index contributed by atoms with van der Waals surface area (Å²) in [7, 11) is 0. The van der Waals surface area contributed by atoms with Gasteiger partial charge in [0.2, 0.25) is 5.82 Å². The zero-order valence-corrected chi connectivity index (χ0v) is 7.04. The van der Waals surface area contributed by atoms with Crippen molar-refractivity contribution in [3.8, 4) is 0 Å². The highest BCUT2D eigenvalue weighted by Crippen LogP contribution is 2.13. The molecule has 66 valence electrons. The molecular weight excluding hydrogens is 194 g/mol. The van der Waals surface area contributed by atoms with Gasteiger partial charge in [-0.3, -0.25) is 0 Å². The minimum atomic E-state index is -1.10. The molecule has 6 heteroatoms. The first-order valence-electron chi connectivity index (χ1n) is 3.41. The van der Waals surface area contributed by atoms with Gasteiger partial charge in [0.05, 0.1) is 17.2 Å². The lowest BCUT2D eigenvalue weighted by atomic mass is 10.4. The van der Waals surface area contributed by atoms with E-state index in [1.165, 1.54) is 12.3 Å². The second-order valence-electron chi connectivity index (χ2n) is 2.41. The number of pyridine rings is 1. The number of hydrogen-bond acceptors (Lipinski definition) is 3. The maximum Gasteiger partial charge on any atom is 0.371 e. The Balaban J connectivity index is 2.68. The topological polar surface area (TPSA) is 78.9 Å². The number of H-pyrrole nitrogens is 1. The van der Waals surface area contributed by atoms with Gasteiger partial charge < -0.3 is 10.1 Å². The van der Waals surface area contributed by atoms with Crippen LogP contribution in [0.2, 0.25) is 5.15 Å². The largest absolute Gasteiger partial charge is 0.475 e. The highest BCUT2D eigenvalue weighted by Gasteiger charge is 2.09. The summed E-state index contributed by atoms with van der Waals surface area (Å²) in [5.74, 6) is -1.22. The highest BCUT2D eigenvalue weighted by atomic mass is 35.5. The molecule has 0 unspecified atom stereocenters. The lowest BCUT2D eigenvalue weighted by Crippen LogP contribution is -1.97. The predicted octanol–water partition coefficient (Wildman–Crippen LogP) is 1.31. The van der Waals surface area contributed by atoms with Crippen molar-refractivity contribution in [2.24, 2.45) is 0 Å². The summed E-state index contributed by atoms with van der Waals surface area (Å²) in [5.41, 5.74) is 1.05. The molecule has 2 aromatic rings. The van der Waals surface area contributed by atoms with Gasteiger partial charge in [-0.15, -0.1) is 0 Å². The maximum atomic E-state index is 10.5. The van der Waals surface area contributed by atoms with Crippen molar-refractivity contribution in [3.05, 3.63) is 23.2 Å². The van der Waals surface area contributed by atoms with E-state index in [0.717, 1.165) is 0 Å². The van der Waals surface area contributed by atoms with E-state index in [0.29, 0.717) is 11.0 Å². The Hall–Kier alpha value is -1.62. The van der Waals surface area contributed by atoms with Crippen molar-refractivity contribution in [3.63, 3.8) is 0 Å². The van der Waals surface area contributed by atoms with Crippen LogP contribution in [0.5, 0.6) is 0 Å². The number of carbonyl (C=O) groups is 1. The van der Waals surface area contributed by atoms with Crippen LogP contribution in [-0.2, 0) is 0 Å². The van der Waals surface area contributed by atoms with Crippen molar-refractivity contribution in [2.45, 2.75) is 0 Å².